The number of benzene rings is 1. The predicted octanol–water partition coefficient (Wildman–Crippen LogP) is 4.98. The second-order valence-corrected chi connectivity index (χ2v) is 8.73. The quantitative estimate of drug-likeness (QED) is 0.594. The van der Waals surface area contributed by atoms with E-state index in [9.17, 15) is 18.0 Å². The third-order valence-electron chi connectivity index (χ3n) is 5.26. The number of aromatic nitrogens is 4. The highest BCUT2D eigenvalue weighted by molar-refractivity contribution is 5.82. The Morgan fingerprint density at radius 2 is 1.82 bits per heavy atom. The Bertz CT molecular complexity index is 1160. The maximum atomic E-state index is 13.0. The molecule has 1 aromatic carbocycles. The molecule has 0 unspecified atom stereocenters. The molecule has 178 valence electrons. The van der Waals surface area contributed by atoms with Gasteiger partial charge in [-0.1, -0.05) is 46.8 Å². The van der Waals surface area contributed by atoms with Crippen LogP contribution in [-0.2, 0) is 30.6 Å². The van der Waals surface area contributed by atoms with Crippen molar-refractivity contribution in [2.45, 2.75) is 67.4 Å². The van der Waals surface area contributed by atoms with E-state index in [0.29, 0.717) is 36.1 Å². The Balaban J connectivity index is 0.00000149. The van der Waals surface area contributed by atoms with Gasteiger partial charge in [-0.2, -0.15) is 18.2 Å². The topological polar surface area (TPSA) is 75.4 Å². The van der Waals surface area contributed by atoms with Crippen molar-refractivity contribution in [3.05, 3.63) is 52.5 Å². The van der Waals surface area contributed by atoms with Crippen molar-refractivity contribution < 1.29 is 18.0 Å². The van der Waals surface area contributed by atoms with Crippen LogP contribution in [0.2, 0.25) is 0 Å². The number of halogens is 3. The summed E-state index contributed by atoms with van der Waals surface area (Å²) in [6.45, 7) is 12.3. The first-order valence-electron chi connectivity index (χ1n) is 10.9. The zero-order valence-corrected chi connectivity index (χ0v) is 19.7. The molecule has 0 spiro atoms. The van der Waals surface area contributed by atoms with Crippen LogP contribution < -0.4 is 5.32 Å². The molecule has 0 fully saturated rings. The van der Waals surface area contributed by atoms with E-state index in [1.54, 1.807) is 11.0 Å². The van der Waals surface area contributed by atoms with Crippen LogP contribution in [0.5, 0.6) is 0 Å². The molecule has 0 radical (unpaired) electrons. The average Bonchev–Trinajstić information content (AvgIpc) is 3.35. The summed E-state index contributed by atoms with van der Waals surface area (Å²) in [6, 6.07) is 5.16. The minimum Gasteiger partial charge on any atom is -0.366 e. The molecular weight excluding hydrogens is 433 g/mol. The molecule has 1 aliphatic heterocycles. The molecule has 1 amide bonds. The van der Waals surface area contributed by atoms with Crippen molar-refractivity contribution in [3.8, 4) is 0 Å². The maximum Gasteiger partial charge on any atom is 0.416 e. The Kier molecular flexibility index (Phi) is 6.67. The van der Waals surface area contributed by atoms with Crippen LogP contribution in [-0.4, -0.2) is 30.4 Å². The molecule has 0 bridgehead atoms. The summed E-state index contributed by atoms with van der Waals surface area (Å²) >= 11 is 0. The number of amides is 1. The van der Waals surface area contributed by atoms with Gasteiger partial charge in [0, 0.05) is 17.5 Å². The van der Waals surface area contributed by atoms with E-state index in [1.165, 1.54) is 6.07 Å². The van der Waals surface area contributed by atoms with E-state index in [1.807, 2.05) is 45.9 Å². The van der Waals surface area contributed by atoms with Gasteiger partial charge in [-0.3, -0.25) is 9.20 Å². The van der Waals surface area contributed by atoms with Gasteiger partial charge in [-0.15, -0.1) is 10.2 Å². The first-order chi connectivity index (χ1) is 15.4. The van der Waals surface area contributed by atoms with Crippen LogP contribution >= 0.6 is 0 Å². The van der Waals surface area contributed by atoms with Gasteiger partial charge in [-0.05, 0) is 24.6 Å². The molecule has 4 rings (SSSR count). The monoisotopic (exact) mass is 462 g/mol. The smallest absolute Gasteiger partial charge is 0.366 e. The normalized spacial score (nSPS) is 13.5. The number of fused-ring (bicyclic) bond motifs is 3. The Hall–Kier alpha value is -3.17. The highest BCUT2D eigenvalue weighted by Crippen LogP contribution is 2.33. The minimum absolute atomic E-state index is 0.00593. The maximum absolute atomic E-state index is 13.0. The lowest BCUT2D eigenvalue weighted by atomic mass is 9.95. The van der Waals surface area contributed by atoms with Crippen molar-refractivity contribution in [1.29, 1.82) is 0 Å². The first-order valence-corrected chi connectivity index (χ1v) is 10.9. The number of hydrogen-bond donors (Lipinski definition) is 1. The lowest BCUT2D eigenvalue weighted by Crippen LogP contribution is -2.35. The summed E-state index contributed by atoms with van der Waals surface area (Å²) < 4.78 is 40.9. The summed E-state index contributed by atoms with van der Waals surface area (Å²) in [4.78, 5) is 19.1. The number of nitrogens with one attached hydrogen (secondary N) is 1. The molecule has 1 aliphatic rings. The number of hydrogen-bond acceptors (Lipinski definition) is 5. The molecule has 0 atom stereocenters. The van der Waals surface area contributed by atoms with Gasteiger partial charge in [0.05, 0.1) is 24.3 Å². The summed E-state index contributed by atoms with van der Waals surface area (Å²) in [7, 11) is 0. The fourth-order valence-corrected chi connectivity index (χ4v) is 3.75. The summed E-state index contributed by atoms with van der Waals surface area (Å²) in [5.74, 6) is 1.55. The lowest BCUT2D eigenvalue weighted by molar-refractivity contribution is -0.140. The van der Waals surface area contributed by atoms with E-state index in [0.717, 1.165) is 23.4 Å². The van der Waals surface area contributed by atoms with Gasteiger partial charge in [0.1, 0.15) is 11.6 Å². The molecule has 7 nitrogen and oxygen atoms in total. The molecular formula is C23H29F3N6O. The zero-order valence-electron chi connectivity index (χ0n) is 19.7. The molecule has 1 N–H and O–H groups in total. The Morgan fingerprint density at radius 3 is 2.45 bits per heavy atom. The second kappa shape index (κ2) is 8.99. The fraction of sp³-hybridized carbons (Fsp3) is 0.478. The summed E-state index contributed by atoms with van der Waals surface area (Å²) in [5, 5.41) is 11.3. The third-order valence-corrected chi connectivity index (χ3v) is 5.26. The van der Waals surface area contributed by atoms with E-state index in [4.69, 9.17) is 0 Å². The molecule has 0 saturated heterocycles. The van der Waals surface area contributed by atoms with Crippen molar-refractivity contribution in [2.75, 3.05) is 5.32 Å². The Labute approximate surface area is 191 Å². The molecule has 3 heterocycles. The van der Waals surface area contributed by atoms with Crippen LogP contribution in [0.4, 0.5) is 19.0 Å². The van der Waals surface area contributed by atoms with Crippen LogP contribution in [0, 0.1) is 12.3 Å². The van der Waals surface area contributed by atoms with Crippen molar-refractivity contribution in [1.82, 2.24) is 24.5 Å². The molecule has 33 heavy (non-hydrogen) atoms. The average molecular weight is 463 g/mol. The summed E-state index contributed by atoms with van der Waals surface area (Å²) in [5.41, 5.74) is 0.915. The van der Waals surface area contributed by atoms with E-state index in [-0.39, 0.29) is 12.5 Å². The largest absolute Gasteiger partial charge is 0.416 e. The van der Waals surface area contributed by atoms with Gasteiger partial charge in [0.2, 0.25) is 5.91 Å². The SMILES string of the molecule is CC.Cc1nnc2nc(NCc3cccc(C(F)(F)F)c3)c3c(n12)CN(C(=O)C(C)(C)C)C3. The van der Waals surface area contributed by atoms with Crippen molar-refractivity contribution in [3.63, 3.8) is 0 Å². The highest BCUT2D eigenvalue weighted by Gasteiger charge is 2.35. The van der Waals surface area contributed by atoms with Crippen LogP contribution in [0.1, 0.15) is 62.8 Å². The molecule has 0 aliphatic carbocycles. The molecule has 10 heteroatoms. The summed E-state index contributed by atoms with van der Waals surface area (Å²) in [6.07, 6.45) is -4.40. The van der Waals surface area contributed by atoms with Crippen LogP contribution in [0.25, 0.3) is 5.78 Å². The van der Waals surface area contributed by atoms with E-state index in [2.05, 4.69) is 20.5 Å². The lowest BCUT2D eigenvalue weighted by Gasteiger charge is -2.25. The van der Waals surface area contributed by atoms with Crippen LogP contribution in [0.3, 0.4) is 0 Å². The number of anilines is 1. The van der Waals surface area contributed by atoms with Gasteiger partial charge in [-0.25, -0.2) is 0 Å². The van der Waals surface area contributed by atoms with E-state index < -0.39 is 17.2 Å². The standard InChI is InChI=1S/C21H23F3N6O.C2H6/c1-12-27-28-19-26-17(25-9-13-6-5-7-14(8-13)21(22,23)24)15-10-29(11-16(15)30(12)19)18(31)20(2,3)4;1-2/h5-8H,9-11H2,1-4H3,(H,25,26,28);1-2H3. The minimum atomic E-state index is -4.40. The van der Waals surface area contributed by atoms with Gasteiger partial charge in [0.15, 0.2) is 0 Å². The number of carbonyl (C=O) groups is 1. The fourth-order valence-electron chi connectivity index (χ4n) is 3.75. The van der Waals surface area contributed by atoms with E-state index >= 15 is 0 Å². The Morgan fingerprint density at radius 1 is 1.12 bits per heavy atom. The number of rotatable bonds is 3. The first kappa shape index (κ1) is 24.5. The number of carbonyl (C=O) groups excluding carboxylic acids is 1. The van der Waals surface area contributed by atoms with Gasteiger partial charge in [0.25, 0.3) is 5.78 Å². The second-order valence-electron chi connectivity index (χ2n) is 8.73. The number of alkyl halides is 3. The molecule has 0 saturated carbocycles. The van der Waals surface area contributed by atoms with Crippen LogP contribution in [0.15, 0.2) is 24.3 Å². The van der Waals surface area contributed by atoms with Gasteiger partial charge >= 0.3 is 6.18 Å². The molecule has 2 aromatic heterocycles. The third kappa shape index (κ3) is 4.94. The number of nitrogens with zero attached hydrogens (tertiary/aromatic N) is 5. The zero-order chi connectivity index (χ0) is 24.6. The predicted molar refractivity (Wildman–Crippen MR) is 119 cm³/mol. The van der Waals surface area contributed by atoms with Crippen molar-refractivity contribution in [2.24, 2.45) is 5.41 Å². The van der Waals surface area contributed by atoms with Crippen molar-refractivity contribution >= 4 is 17.5 Å². The molecule has 3 aromatic rings. The number of aryl methyl sites for hydroxylation is 1. The van der Waals surface area contributed by atoms with Gasteiger partial charge < -0.3 is 10.2 Å². The highest BCUT2D eigenvalue weighted by atomic mass is 19.4.